The van der Waals surface area contributed by atoms with E-state index in [-0.39, 0.29) is 17.5 Å². The van der Waals surface area contributed by atoms with Crippen molar-refractivity contribution in [2.45, 2.75) is 58.0 Å². The summed E-state index contributed by atoms with van der Waals surface area (Å²) in [6.07, 6.45) is 3.75. The van der Waals surface area contributed by atoms with Gasteiger partial charge in [0.1, 0.15) is 6.04 Å². The molecule has 0 aromatic rings. The average molecular weight is 242 g/mol. The number of carbonyl (C=O) groups is 2. The maximum atomic E-state index is 11.7. The van der Waals surface area contributed by atoms with Gasteiger partial charge in [0.2, 0.25) is 0 Å². The second kappa shape index (κ2) is 5.38. The number of hydrogen-bond donors (Lipinski definition) is 3. The summed E-state index contributed by atoms with van der Waals surface area (Å²) in [4.78, 5) is 22.7. The SMILES string of the molecule is CCC(C)C(NC(=O)NC1(C)CCC1)C(=O)O. The Hall–Kier alpha value is -1.26. The van der Waals surface area contributed by atoms with E-state index in [1.165, 1.54) is 0 Å². The van der Waals surface area contributed by atoms with Crippen LogP contribution in [0.5, 0.6) is 0 Å². The zero-order valence-corrected chi connectivity index (χ0v) is 10.7. The molecule has 0 radical (unpaired) electrons. The quantitative estimate of drug-likeness (QED) is 0.687. The molecule has 1 saturated carbocycles. The molecule has 17 heavy (non-hydrogen) atoms. The molecule has 2 amide bonds. The lowest BCUT2D eigenvalue weighted by Crippen LogP contribution is -2.57. The molecule has 2 unspecified atom stereocenters. The van der Waals surface area contributed by atoms with Crippen molar-refractivity contribution in [1.82, 2.24) is 10.6 Å². The van der Waals surface area contributed by atoms with Gasteiger partial charge < -0.3 is 15.7 Å². The molecule has 5 heteroatoms. The summed E-state index contributed by atoms with van der Waals surface area (Å²) in [5, 5.41) is 14.4. The van der Waals surface area contributed by atoms with Crippen molar-refractivity contribution < 1.29 is 14.7 Å². The fourth-order valence-corrected chi connectivity index (χ4v) is 1.97. The molecule has 0 heterocycles. The topological polar surface area (TPSA) is 78.4 Å². The molecule has 1 fully saturated rings. The first kappa shape index (κ1) is 13.8. The van der Waals surface area contributed by atoms with Gasteiger partial charge in [0.05, 0.1) is 0 Å². The Balaban J connectivity index is 2.49. The molecule has 0 aromatic carbocycles. The Bertz CT molecular complexity index is 300. The highest BCUT2D eigenvalue weighted by atomic mass is 16.4. The van der Waals surface area contributed by atoms with Crippen molar-refractivity contribution in [1.29, 1.82) is 0 Å². The predicted molar refractivity (Wildman–Crippen MR) is 64.8 cm³/mol. The minimum absolute atomic E-state index is 0.0764. The summed E-state index contributed by atoms with van der Waals surface area (Å²) in [6.45, 7) is 5.71. The molecular formula is C12H22N2O3. The molecule has 1 aliphatic rings. The van der Waals surface area contributed by atoms with Crippen LogP contribution < -0.4 is 10.6 Å². The summed E-state index contributed by atoms with van der Waals surface area (Å²) < 4.78 is 0. The number of carboxylic acid groups (broad SMARTS) is 1. The number of carbonyl (C=O) groups excluding carboxylic acids is 1. The maximum Gasteiger partial charge on any atom is 0.326 e. The number of rotatable bonds is 5. The van der Waals surface area contributed by atoms with E-state index in [4.69, 9.17) is 5.11 Å². The number of nitrogens with one attached hydrogen (secondary N) is 2. The van der Waals surface area contributed by atoms with Gasteiger partial charge in [0.25, 0.3) is 0 Å². The standard InChI is InChI=1S/C12H22N2O3/c1-4-8(2)9(10(15)16)13-11(17)14-12(3)6-5-7-12/h8-9H,4-7H2,1-3H3,(H,15,16)(H2,13,14,17). The summed E-state index contributed by atoms with van der Waals surface area (Å²) in [5.74, 6) is -1.05. The predicted octanol–water partition coefficient (Wildman–Crippen LogP) is 1.73. The molecule has 0 bridgehead atoms. The van der Waals surface area contributed by atoms with Crippen LogP contribution in [0.3, 0.4) is 0 Å². The number of carboxylic acids is 1. The number of urea groups is 1. The lowest BCUT2D eigenvalue weighted by molar-refractivity contribution is -0.140. The highest BCUT2D eigenvalue weighted by molar-refractivity contribution is 5.83. The number of hydrogen-bond acceptors (Lipinski definition) is 2. The highest BCUT2D eigenvalue weighted by Crippen LogP contribution is 2.30. The van der Waals surface area contributed by atoms with E-state index in [1.807, 2.05) is 20.8 Å². The molecule has 1 aliphatic carbocycles. The first-order valence-corrected chi connectivity index (χ1v) is 6.19. The van der Waals surface area contributed by atoms with Gasteiger partial charge in [-0.3, -0.25) is 0 Å². The van der Waals surface area contributed by atoms with Gasteiger partial charge in [-0.15, -0.1) is 0 Å². The summed E-state index contributed by atoms with van der Waals surface area (Å²) in [7, 11) is 0. The highest BCUT2D eigenvalue weighted by Gasteiger charge is 2.34. The van der Waals surface area contributed by atoms with Gasteiger partial charge in [-0.2, -0.15) is 0 Å². The Morgan fingerprint density at radius 1 is 1.41 bits per heavy atom. The molecule has 1 rings (SSSR count). The van der Waals surface area contributed by atoms with Crippen molar-refractivity contribution >= 4 is 12.0 Å². The minimum atomic E-state index is -0.978. The Morgan fingerprint density at radius 3 is 2.35 bits per heavy atom. The maximum absolute atomic E-state index is 11.7. The Morgan fingerprint density at radius 2 is 2.00 bits per heavy atom. The lowest BCUT2D eigenvalue weighted by atomic mass is 9.79. The second-order valence-corrected chi connectivity index (χ2v) is 5.21. The van der Waals surface area contributed by atoms with E-state index < -0.39 is 12.0 Å². The molecule has 0 aliphatic heterocycles. The van der Waals surface area contributed by atoms with Crippen LogP contribution in [0.2, 0.25) is 0 Å². The molecule has 98 valence electrons. The monoisotopic (exact) mass is 242 g/mol. The average Bonchev–Trinajstić information content (AvgIpc) is 2.22. The summed E-state index contributed by atoms with van der Waals surface area (Å²) in [5.41, 5.74) is -0.150. The van der Waals surface area contributed by atoms with E-state index in [1.54, 1.807) is 0 Å². The van der Waals surface area contributed by atoms with Crippen LogP contribution in [0, 0.1) is 5.92 Å². The Kier molecular flexibility index (Phi) is 4.37. The lowest BCUT2D eigenvalue weighted by Gasteiger charge is -2.39. The normalized spacial score (nSPS) is 20.9. The molecule has 3 N–H and O–H groups in total. The third-order valence-electron chi connectivity index (χ3n) is 3.64. The molecule has 5 nitrogen and oxygen atoms in total. The van der Waals surface area contributed by atoms with Gasteiger partial charge in [0.15, 0.2) is 0 Å². The van der Waals surface area contributed by atoms with Crippen molar-refractivity contribution in [2.24, 2.45) is 5.92 Å². The first-order chi connectivity index (χ1) is 7.88. The third kappa shape index (κ3) is 3.61. The summed E-state index contributed by atoms with van der Waals surface area (Å²) in [6, 6.07) is -1.19. The van der Waals surface area contributed by atoms with Crippen LogP contribution >= 0.6 is 0 Å². The van der Waals surface area contributed by atoms with Crippen LogP contribution in [0.25, 0.3) is 0 Å². The van der Waals surface area contributed by atoms with Crippen LogP contribution in [-0.2, 0) is 4.79 Å². The zero-order valence-electron chi connectivity index (χ0n) is 10.7. The van der Waals surface area contributed by atoms with E-state index in [2.05, 4.69) is 10.6 Å². The molecule has 0 spiro atoms. The van der Waals surface area contributed by atoms with Crippen molar-refractivity contribution in [2.75, 3.05) is 0 Å². The van der Waals surface area contributed by atoms with Crippen LogP contribution in [0.4, 0.5) is 4.79 Å². The van der Waals surface area contributed by atoms with Gasteiger partial charge in [-0.05, 0) is 32.1 Å². The van der Waals surface area contributed by atoms with E-state index in [0.717, 1.165) is 19.3 Å². The van der Waals surface area contributed by atoms with Gasteiger partial charge in [-0.1, -0.05) is 20.3 Å². The van der Waals surface area contributed by atoms with Gasteiger partial charge >= 0.3 is 12.0 Å². The number of aliphatic carboxylic acids is 1. The van der Waals surface area contributed by atoms with Crippen molar-refractivity contribution in [3.63, 3.8) is 0 Å². The first-order valence-electron chi connectivity index (χ1n) is 6.19. The van der Waals surface area contributed by atoms with Crippen molar-refractivity contribution in [3.8, 4) is 0 Å². The van der Waals surface area contributed by atoms with Gasteiger partial charge in [-0.25, -0.2) is 9.59 Å². The third-order valence-corrected chi connectivity index (χ3v) is 3.64. The zero-order chi connectivity index (χ0) is 13.1. The molecular weight excluding hydrogens is 220 g/mol. The smallest absolute Gasteiger partial charge is 0.326 e. The number of amides is 2. The van der Waals surface area contributed by atoms with Crippen LogP contribution in [0.1, 0.15) is 46.5 Å². The second-order valence-electron chi connectivity index (χ2n) is 5.21. The van der Waals surface area contributed by atoms with Crippen molar-refractivity contribution in [3.05, 3.63) is 0 Å². The summed E-state index contributed by atoms with van der Waals surface area (Å²) >= 11 is 0. The van der Waals surface area contributed by atoms with E-state index >= 15 is 0 Å². The molecule has 2 atom stereocenters. The molecule has 0 aromatic heterocycles. The Labute approximate surface area is 102 Å². The van der Waals surface area contributed by atoms with Crippen LogP contribution in [0.15, 0.2) is 0 Å². The fraction of sp³-hybridized carbons (Fsp3) is 0.833. The van der Waals surface area contributed by atoms with E-state index in [0.29, 0.717) is 6.42 Å². The van der Waals surface area contributed by atoms with Gasteiger partial charge in [0, 0.05) is 5.54 Å². The fourth-order valence-electron chi connectivity index (χ4n) is 1.97. The van der Waals surface area contributed by atoms with E-state index in [9.17, 15) is 9.59 Å². The largest absolute Gasteiger partial charge is 0.480 e. The molecule has 0 saturated heterocycles. The minimum Gasteiger partial charge on any atom is -0.480 e. The van der Waals surface area contributed by atoms with Crippen LogP contribution in [-0.4, -0.2) is 28.7 Å².